The van der Waals surface area contributed by atoms with Gasteiger partial charge in [-0.25, -0.2) is 0 Å². The molecule has 3 nitrogen and oxygen atoms in total. The fraction of sp³-hybridized carbons (Fsp3) is 0.417. The van der Waals surface area contributed by atoms with E-state index >= 15 is 0 Å². The standard InChI is InChI=1S/C12H14F3NO2/c1-8(9-5-3-4-6-10(9)17)16(2)11(18)7-12(13,14)15/h3-6,8,17H,7H2,1-2H3. The summed E-state index contributed by atoms with van der Waals surface area (Å²) in [5, 5.41) is 9.58. The summed E-state index contributed by atoms with van der Waals surface area (Å²) in [4.78, 5) is 12.4. The van der Waals surface area contributed by atoms with Crippen molar-refractivity contribution < 1.29 is 23.1 Å². The van der Waals surface area contributed by atoms with Crippen LogP contribution in [0.2, 0.25) is 0 Å². The number of nitrogens with zero attached hydrogens (tertiary/aromatic N) is 1. The molecule has 0 bridgehead atoms. The summed E-state index contributed by atoms with van der Waals surface area (Å²) < 4.78 is 36.3. The molecule has 0 fully saturated rings. The minimum absolute atomic E-state index is 0.0448. The summed E-state index contributed by atoms with van der Waals surface area (Å²) in [6.45, 7) is 1.56. The first kappa shape index (κ1) is 14.3. The summed E-state index contributed by atoms with van der Waals surface area (Å²) in [5.41, 5.74) is 0.413. The molecule has 0 aromatic heterocycles. The number of alkyl halides is 3. The minimum atomic E-state index is -4.52. The number of rotatable bonds is 3. The monoisotopic (exact) mass is 261 g/mol. The van der Waals surface area contributed by atoms with E-state index in [-0.39, 0.29) is 5.75 Å². The summed E-state index contributed by atoms with van der Waals surface area (Å²) in [5.74, 6) is -1.07. The van der Waals surface area contributed by atoms with Crippen LogP contribution < -0.4 is 0 Å². The van der Waals surface area contributed by atoms with Crippen LogP contribution >= 0.6 is 0 Å². The fourth-order valence-electron chi connectivity index (χ4n) is 1.56. The van der Waals surface area contributed by atoms with Gasteiger partial charge in [-0.05, 0) is 13.0 Å². The summed E-state index contributed by atoms with van der Waals surface area (Å²) in [6, 6.07) is 5.61. The van der Waals surface area contributed by atoms with Gasteiger partial charge in [0, 0.05) is 12.6 Å². The largest absolute Gasteiger partial charge is 0.508 e. The lowest BCUT2D eigenvalue weighted by molar-refractivity contribution is -0.161. The van der Waals surface area contributed by atoms with E-state index in [1.165, 1.54) is 13.1 Å². The maximum absolute atomic E-state index is 12.1. The number of para-hydroxylation sites is 1. The highest BCUT2D eigenvalue weighted by molar-refractivity contribution is 5.77. The fourth-order valence-corrected chi connectivity index (χ4v) is 1.56. The van der Waals surface area contributed by atoms with Crippen LogP contribution in [0.3, 0.4) is 0 Å². The van der Waals surface area contributed by atoms with Crippen LogP contribution in [-0.2, 0) is 4.79 Å². The van der Waals surface area contributed by atoms with Crippen molar-refractivity contribution in [3.05, 3.63) is 29.8 Å². The third kappa shape index (κ3) is 3.65. The molecule has 18 heavy (non-hydrogen) atoms. The first-order valence-corrected chi connectivity index (χ1v) is 5.32. The summed E-state index contributed by atoms with van der Waals surface area (Å²) >= 11 is 0. The molecule has 0 aliphatic rings. The number of aromatic hydroxyl groups is 1. The van der Waals surface area contributed by atoms with Gasteiger partial charge in [0.05, 0.1) is 6.04 Å². The Bertz CT molecular complexity index is 432. The Balaban J connectivity index is 2.82. The van der Waals surface area contributed by atoms with Crippen molar-refractivity contribution in [1.82, 2.24) is 4.90 Å². The Hall–Kier alpha value is -1.72. The van der Waals surface area contributed by atoms with E-state index in [2.05, 4.69) is 0 Å². The maximum Gasteiger partial charge on any atom is 0.397 e. The van der Waals surface area contributed by atoms with Gasteiger partial charge in [0.25, 0.3) is 0 Å². The van der Waals surface area contributed by atoms with Crippen molar-refractivity contribution in [3.63, 3.8) is 0 Å². The molecule has 1 N–H and O–H groups in total. The van der Waals surface area contributed by atoms with Gasteiger partial charge in [-0.3, -0.25) is 4.79 Å². The third-order valence-corrected chi connectivity index (χ3v) is 2.71. The number of carbonyl (C=O) groups is 1. The molecule has 1 aromatic carbocycles. The second-order valence-corrected chi connectivity index (χ2v) is 4.03. The summed E-state index contributed by atoms with van der Waals surface area (Å²) in [6.07, 6.45) is -6.02. The van der Waals surface area contributed by atoms with E-state index in [9.17, 15) is 23.1 Å². The average Bonchev–Trinajstić information content (AvgIpc) is 2.25. The van der Waals surface area contributed by atoms with Crippen LogP contribution in [0, 0.1) is 0 Å². The Morgan fingerprint density at radius 3 is 2.44 bits per heavy atom. The first-order chi connectivity index (χ1) is 8.22. The molecule has 1 atom stereocenters. The smallest absolute Gasteiger partial charge is 0.397 e. The summed E-state index contributed by atoms with van der Waals surface area (Å²) in [7, 11) is 1.28. The van der Waals surface area contributed by atoms with E-state index in [0.717, 1.165) is 4.90 Å². The van der Waals surface area contributed by atoms with E-state index in [0.29, 0.717) is 5.56 Å². The van der Waals surface area contributed by atoms with E-state index in [1.807, 2.05) is 0 Å². The number of carbonyl (C=O) groups excluding carboxylic acids is 1. The maximum atomic E-state index is 12.1. The van der Waals surface area contributed by atoms with Crippen LogP contribution in [-0.4, -0.2) is 29.1 Å². The lowest BCUT2D eigenvalue weighted by Gasteiger charge is -2.26. The van der Waals surface area contributed by atoms with E-state index in [4.69, 9.17) is 0 Å². The van der Waals surface area contributed by atoms with Crippen LogP contribution in [0.15, 0.2) is 24.3 Å². The number of benzene rings is 1. The molecule has 1 amide bonds. The van der Waals surface area contributed by atoms with Crippen LogP contribution in [0.1, 0.15) is 24.9 Å². The number of hydrogen-bond acceptors (Lipinski definition) is 2. The van der Waals surface area contributed by atoms with Crippen molar-refractivity contribution in [2.75, 3.05) is 7.05 Å². The Morgan fingerprint density at radius 1 is 1.39 bits per heavy atom. The normalized spacial score (nSPS) is 13.2. The van der Waals surface area contributed by atoms with Crippen LogP contribution in [0.4, 0.5) is 13.2 Å². The lowest BCUT2D eigenvalue weighted by Crippen LogP contribution is -2.33. The van der Waals surface area contributed by atoms with Crippen molar-refractivity contribution in [3.8, 4) is 5.75 Å². The second-order valence-electron chi connectivity index (χ2n) is 4.03. The molecule has 0 heterocycles. The molecule has 1 unspecified atom stereocenters. The Kier molecular flexibility index (Phi) is 4.21. The highest BCUT2D eigenvalue weighted by Crippen LogP contribution is 2.29. The third-order valence-electron chi connectivity index (χ3n) is 2.71. The molecule has 100 valence electrons. The predicted molar refractivity (Wildman–Crippen MR) is 60.0 cm³/mol. The zero-order chi connectivity index (χ0) is 13.9. The highest BCUT2D eigenvalue weighted by Gasteiger charge is 2.34. The van der Waals surface area contributed by atoms with Crippen molar-refractivity contribution >= 4 is 5.91 Å². The number of phenolic OH excluding ortho intramolecular Hbond substituents is 1. The van der Waals surface area contributed by atoms with Crippen LogP contribution in [0.5, 0.6) is 5.75 Å². The minimum Gasteiger partial charge on any atom is -0.508 e. The molecule has 0 saturated heterocycles. The first-order valence-electron chi connectivity index (χ1n) is 5.32. The zero-order valence-electron chi connectivity index (χ0n) is 10.0. The van der Waals surface area contributed by atoms with Crippen molar-refractivity contribution in [1.29, 1.82) is 0 Å². The zero-order valence-corrected chi connectivity index (χ0v) is 10.0. The molecule has 0 spiro atoms. The molecular weight excluding hydrogens is 247 g/mol. The molecule has 0 saturated carbocycles. The topological polar surface area (TPSA) is 40.5 Å². The molecule has 0 aliphatic heterocycles. The molecular formula is C12H14F3NO2. The Morgan fingerprint density at radius 2 is 1.94 bits per heavy atom. The molecule has 1 rings (SSSR count). The lowest BCUT2D eigenvalue weighted by atomic mass is 10.1. The predicted octanol–water partition coefficient (Wildman–Crippen LogP) is 2.86. The van der Waals surface area contributed by atoms with Gasteiger partial charge in [-0.15, -0.1) is 0 Å². The van der Waals surface area contributed by atoms with Gasteiger partial charge in [-0.2, -0.15) is 13.2 Å². The van der Waals surface area contributed by atoms with E-state index in [1.54, 1.807) is 25.1 Å². The van der Waals surface area contributed by atoms with E-state index < -0.39 is 24.5 Å². The van der Waals surface area contributed by atoms with Crippen LogP contribution in [0.25, 0.3) is 0 Å². The molecule has 0 aliphatic carbocycles. The SMILES string of the molecule is CC(c1ccccc1O)N(C)C(=O)CC(F)(F)F. The highest BCUT2D eigenvalue weighted by atomic mass is 19.4. The number of halogens is 3. The van der Waals surface area contributed by atoms with Gasteiger partial charge < -0.3 is 10.0 Å². The molecule has 0 radical (unpaired) electrons. The van der Waals surface area contributed by atoms with Gasteiger partial charge in [0.2, 0.25) is 5.91 Å². The number of amides is 1. The second kappa shape index (κ2) is 5.29. The number of phenols is 1. The quantitative estimate of drug-likeness (QED) is 0.908. The van der Waals surface area contributed by atoms with Crippen molar-refractivity contribution in [2.24, 2.45) is 0 Å². The van der Waals surface area contributed by atoms with Crippen molar-refractivity contribution in [2.45, 2.75) is 25.6 Å². The Labute approximate surface area is 103 Å². The van der Waals surface area contributed by atoms with Gasteiger partial charge in [0.1, 0.15) is 12.2 Å². The van der Waals surface area contributed by atoms with Gasteiger partial charge >= 0.3 is 6.18 Å². The van der Waals surface area contributed by atoms with Gasteiger partial charge in [0.15, 0.2) is 0 Å². The average molecular weight is 261 g/mol. The number of hydrogen-bond donors (Lipinski definition) is 1. The molecule has 1 aromatic rings. The van der Waals surface area contributed by atoms with Gasteiger partial charge in [-0.1, -0.05) is 18.2 Å². The molecule has 6 heteroatoms.